The highest BCUT2D eigenvalue weighted by atomic mass is 19.4. The quantitative estimate of drug-likeness (QED) is 0.650. The fraction of sp³-hybridized carbons (Fsp3) is 0.214. The Bertz CT molecular complexity index is 951. The number of halogens is 6. The van der Waals surface area contributed by atoms with Crippen molar-refractivity contribution in [1.29, 1.82) is 0 Å². The molecule has 0 saturated carbocycles. The van der Waals surface area contributed by atoms with E-state index in [4.69, 9.17) is 4.74 Å². The minimum absolute atomic E-state index is 0.0122. The second-order valence-corrected chi connectivity index (χ2v) is 4.92. The predicted molar refractivity (Wildman–Crippen MR) is 74.5 cm³/mol. The van der Waals surface area contributed by atoms with Crippen LogP contribution in [0.4, 0.5) is 26.3 Å². The van der Waals surface area contributed by atoms with Crippen LogP contribution in [-0.4, -0.2) is 33.3 Å². The molecule has 0 amide bonds. The van der Waals surface area contributed by atoms with E-state index >= 15 is 0 Å². The molecule has 0 radical (unpaired) electrons. The molecule has 3 aromatic rings. The summed E-state index contributed by atoms with van der Waals surface area (Å²) in [5, 5.41) is 10.2. The van der Waals surface area contributed by atoms with Crippen LogP contribution in [0, 0.1) is 0 Å². The van der Waals surface area contributed by atoms with Crippen LogP contribution in [-0.2, 0) is 6.18 Å². The van der Waals surface area contributed by atoms with Gasteiger partial charge in [-0.05, 0) is 24.3 Å². The number of benzene rings is 1. The molecule has 0 spiro atoms. The molecule has 0 atom stereocenters. The van der Waals surface area contributed by atoms with Crippen molar-refractivity contribution in [2.45, 2.75) is 12.5 Å². The zero-order chi connectivity index (χ0) is 19.1. The van der Waals surface area contributed by atoms with Crippen LogP contribution in [0.5, 0.6) is 11.5 Å². The first-order chi connectivity index (χ1) is 12.1. The van der Waals surface area contributed by atoms with Gasteiger partial charge in [0.05, 0.1) is 12.8 Å². The Kier molecular flexibility index (Phi) is 4.12. The Hall–Kier alpha value is -3.05. The Morgan fingerprint density at radius 3 is 2.31 bits per heavy atom. The Morgan fingerprint density at radius 2 is 1.69 bits per heavy atom. The Balaban J connectivity index is 2.08. The van der Waals surface area contributed by atoms with E-state index in [1.54, 1.807) is 0 Å². The average molecular weight is 378 g/mol. The molecule has 26 heavy (non-hydrogen) atoms. The number of fused-ring (bicyclic) bond motifs is 1. The SMILES string of the molecule is COc1cc(OC(F)(F)F)ccc1-c1ccc2nnc(C(F)(F)F)n2n1. The van der Waals surface area contributed by atoms with E-state index in [0.717, 1.165) is 12.1 Å². The van der Waals surface area contributed by atoms with Gasteiger partial charge in [-0.15, -0.1) is 23.4 Å². The molecule has 1 aromatic carbocycles. The lowest BCUT2D eigenvalue weighted by atomic mass is 10.1. The summed E-state index contributed by atoms with van der Waals surface area (Å²) in [6.45, 7) is 0. The van der Waals surface area contributed by atoms with Gasteiger partial charge in [0.25, 0.3) is 5.82 Å². The number of aromatic nitrogens is 4. The Labute approximate surface area is 141 Å². The molecule has 138 valence electrons. The zero-order valence-corrected chi connectivity index (χ0v) is 12.8. The van der Waals surface area contributed by atoms with Crippen LogP contribution < -0.4 is 9.47 Å². The van der Waals surface area contributed by atoms with Crippen molar-refractivity contribution in [2.24, 2.45) is 0 Å². The minimum atomic E-state index is -4.90. The summed E-state index contributed by atoms with van der Waals surface area (Å²) in [5.74, 6) is -1.94. The topological polar surface area (TPSA) is 61.5 Å². The van der Waals surface area contributed by atoms with E-state index in [-0.39, 0.29) is 22.7 Å². The summed E-state index contributed by atoms with van der Waals surface area (Å²) >= 11 is 0. The molecule has 0 aliphatic rings. The van der Waals surface area contributed by atoms with Crippen molar-refractivity contribution in [2.75, 3.05) is 7.11 Å². The summed E-state index contributed by atoms with van der Waals surface area (Å²) in [6, 6.07) is 5.71. The van der Waals surface area contributed by atoms with Gasteiger partial charge in [0.1, 0.15) is 11.5 Å². The molecule has 2 aromatic heterocycles. The first-order valence-corrected chi connectivity index (χ1v) is 6.82. The fourth-order valence-corrected chi connectivity index (χ4v) is 2.19. The van der Waals surface area contributed by atoms with E-state index in [9.17, 15) is 26.3 Å². The third kappa shape index (κ3) is 3.48. The summed E-state index contributed by atoms with van der Waals surface area (Å²) in [5.41, 5.74) is 0.0287. The molecule has 0 aliphatic carbocycles. The fourth-order valence-electron chi connectivity index (χ4n) is 2.19. The third-order valence-electron chi connectivity index (χ3n) is 3.20. The minimum Gasteiger partial charge on any atom is -0.496 e. The van der Waals surface area contributed by atoms with Crippen LogP contribution >= 0.6 is 0 Å². The van der Waals surface area contributed by atoms with Gasteiger partial charge in [-0.25, -0.2) is 0 Å². The number of hydrogen-bond acceptors (Lipinski definition) is 5. The standard InChI is InChI=1S/C14H8F6N4O2/c1-25-10-6-7(26-14(18,19)20)2-3-8(10)9-4-5-11-21-22-12(13(15,16)17)24(11)23-9/h2-6H,1H3. The highest BCUT2D eigenvalue weighted by molar-refractivity contribution is 5.69. The maximum absolute atomic E-state index is 12.9. The lowest BCUT2D eigenvalue weighted by molar-refractivity contribution is -0.274. The normalized spacial score (nSPS) is 12.4. The van der Waals surface area contributed by atoms with Crippen LogP contribution in [0.25, 0.3) is 16.9 Å². The van der Waals surface area contributed by atoms with Gasteiger partial charge >= 0.3 is 12.5 Å². The highest BCUT2D eigenvalue weighted by Gasteiger charge is 2.37. The van der Waals surface area contributed by atoms with Crippen molar-refractivity contribution in [3.05, 3.63) is 36.2 Å². The molecular formula is C14H8F6N4O2. The van der Waals surface area contributed by atoms with Crippen LogP contribution in [0.2, 0.25) is 0 Å². The van der Waals surface area contributed by atoms with Gasteiger partial charge in [0.15, 0.2) is 5.65 Å². The van der Waals surface area contributed by atoms with Crippen molar-refractivity contribution in [1.82, 2.24) is 19.8 Å². The number of alkyl halides is 6. The van der Waals surface area contributed by atoms with E-state index in [0.29, 0.717) is 4.52 Å². The number of methoxy groups -OCH3 is 1. The summed E-state index contributed by atoms with van der Waals surface area (Å²) in [7, 11) is 1.19. The van der Waals surface area contributed by atoms with Crippen molar-refractivity contribution >= 4 is 5.65 Å². The summed E-state index contributed by atoms with van der Waals surface area (Å²) in [4.78, 5) is 0. The molecule has 0 bridgehead atoms. The molecule has 0 fully saturated rings. The Morgan fingerprint density at radius 1 is 0.962 bits per heavy atom. The first-order valence-electron chi connectivity index (χ1n) is 6.82. The molecule has 0 aliphatic heterocycles. The van der Waals surface area contributed by atoms with Gasteiger partial charge in [0.2, 0.25) is 0 Å². The lowest BCUT2D eigenvalue weighted by Gasteiger charge is -2.13. The third-order valence-corrected chi connectivity index (χ3v) is 3.20. The number of hydrogen-bond donors (Lipinski definition) is 0. The first kappa shape index (κ1) is 17.8. The predicted octanol–water partition coefficient (Wildman–Crippen LogP) is 3.72. The molecule has 6 nitrogen and oxygen atoms in total. The van der Waals surface area contributed by atoms with E-state index in [1.165, 1.54) is 25.3 Å². The van der Waals surface area contributed by atoms with E-state index in [2.05, 4.69) is 20.0 Å². The lowest BCUT2D eigenvalue weighted by Crippen LogP contribution is -2.17. The molecule has 0 saturated heterocycles. The molecule has 3 rings (SSSR count). The van der Waals surface area contributed by atoms with Gasteiger partial charge in [-0.3, -0.25) is 0 Å². The van der Waals surface area contributed by atoms with Gasteiger partial charge < -0.3 is 9.47 Å². The molecule has 0 unspecified atom stereocenters. The average Bonchev–Trinajstić information content (AvgIpc) is 2.96. The van der Waals surface area contributed by atoms with E-state index < -0.39 is 24.1 Å². The van der Waals surface area contributed by atoms with E-state index in [1.807, 2.05) is 0 Å². The maximum atomic E-state index is 12.9. The van der Waals surface area contributed by atoms with Crippen LogP contribution in [0.3, 0.4) is 0 Å². The number of nitrogens with zero attached hydrogens (tertiary/aromatic N) is 4. The largest absolute Gasteiger partial charge is 0.573 e. The second-order valence-electron chi connectivity index (χ2n) is 4.92. The van der Waals surface area contributed by atoms with Gasteiger partial charge in [0, 0.05) is 11.6 Å². The monoisotopic (exact) mass is 378 g/mol. The van der Waals surface area contributed by atoms with Crippen molar-refractivity contribution < 1.29 is 35.8 Å². The smallest absolute Gasteiger partial charge is 0.496 e. The van der Waals surface area contributed by atoms with Crippen molar-refractivity contribution in [3.8, 4) is 22.8 Å². The van der Waals surface area contributed by atoms with Crippen LogP contribution in [0.1, 0.15) is 5.82 Å². The molecule has 0 N–H and O–H groups in total. The van der Waals surface area contributed by atoms with Gasteiger partial charge in [-0.2, -0.15) is 22.8 Å². The zero-order valence-electron chi connectivity index (χ0n) is 12.8. The number of ether oxygens (including phenoxy) is 2. The molecule has 12 heteroatoms. The van der Waals surface area contributed by atoms with Gasteiger partial charge in [-0.1, -0.05) is 0 Å². The summed E-state index contributed by atoms with van der Waals surface area (Å²) < 4.78 is 85.0. The second kappa shape index (κ2) is 6.04. The molecule has 2 heterocycles. The number of rotatable bonds is 3. The van der Waals surface area contributed by atoms with Crippen molar-refractivity contribution in [3.63, 3.8) is 0 Å². The highest BCUT2D eigenvalue weighted by Crippen LogP contribution is 2.35. The van der Waals surface area contributed by atoms with Crippen LogP contribution in [0.15, 0.2) is 30.3 Å². The maximum Gasteiger partial charge on any atom is 0.573 e. The summed E-state index contributed by atoms with van der Waals surface area (Å²) in [6.07, 6.45) is -9.67. The molecular weight excluding hydrogens is 370 g/mol.